The molecule has 0 aliphatic carbocycles. The fraction of sp³-hybridized carbons (Fsp3) is 0.600. The van der Waals surface area contributed by atoms with Crippen LogP contribution in [0.15, 0.2) is 55.6 Å². The van der Waals surface area contributed by atoms with Crippen LogP contribution in [0.1, 0.15) is 76.4 Å². The topological polar surface area (TPSA) is 125 Å². The SMILES string of the molecule is C=CCCC(=O)NC[C@H](OC(=O)[C@@H]1[C@@H]2CC[C@]3(O2)[C@H](C(=O)N(CC=C)CCCCC)N(CCCCO)C(=O)[C@@H]13)c1ccccc1. The van der Waals surface area contributed by atoms with Crippen molar-refractivity contribution in [3.8, 4) is 0 Å². The number of rotatable bonds is 19. The second-order valence-corrected chi connectivity index (χ2v) is 12.3. The fourth-order valence-corrected chi connectivity index (χ4v) is 7.15. The molecule has 45 heavy (non-hydrogen) atoms. The second kappa shape index (κ2) is 16.2. The monoisotopic (exact) mass is 623 g/mol. The minimum atomic E-state index is -1.13. The highest BCUT2D eigenvalue weighted by molar-refractivity contribution is 5.98. The molecule has 1 aromatic carbocycles. The van der Waals surface area contributed by atoms with Gasteiger partial charge < -0.3 is 29.7 Å². The molecule has 0 unspecified atom stereocenters. The predicted octanol–water partition coefficient (Wildman–Crippen LogP) is 3.71. The Bertz CT molecular complexity index is 1210. The van der Waals surface area contributed by atoms with E-state index < -0.39 is 41.7 Å². The number of fused-ring (bicyclic) bond motifs is 1. The molecular formula is C35H49N3O7. The molecule has 6 atom stereocenters. The van der Waals surface area contributed by atoms with Gasteiger partial charge in [-0.25, -0.2) is 0 Å². The zero-order valence-electron chi connectivity index (χ0n) is 26.5. The number of aliphatic hydroxyl groups is 1. The number of unbranched alkanes of at least 4 members (excludes halogenated alkanes) is 3. The first kappa shape index (κ1) is 34.4. The number of benzene rings is 1. The first-order valence-corrected chi connectivity index (χ1v) is 16.4. The number of amides is 3. The van der Waals surface area contributed by atoms with Gasteiger partial charge in [0.05, 0.1) is 24.5 Å². The van der Waals surface area contributed by atoms with Gasteiger partial charge >= 0.3 is 5.97 Å². The lowest BCUT2D eigenvalue weighted by atomic mass is 9.70. The van der Waals surface area contributed by atoms with E-state index >= 15 is 0 Å². The molecule has 0 radical (unpaired) electrons. The molecule has 1 aromatic rings. The van der Waals surface area contributed by atoms with Crippen LogP contribution in [0.3, 0.4) is 0 Å². The highest BCUT2D eigenvalue weighted by Gasteiger charge is 2.75. The van der Waals surface area contributed by atoms with Crippen molar-refractivity contribution in [2.24, 2.45) is 11.8 Å². The standard InChI is InChI=1S/C35H49N3O7/c1-4-7-12-21-37(20-6-3)33(42)31-35-19-18-26(45-35)29(30(35)32(41)38(31)22-13-14-23-39)34(43)44-27(25-15-10-9-11-16-25)24-36-28(40)17-8-5-2/h5-6,9-11,15-16,26-27,29-31,39H,2-4,7-8,12-14,17-24H2,1H3,(H,36,40)/t26-,27-,29+,30+,31-,35+/m0/s1. The van der Waals surface area contributed by atoms with E-state index in [-0.39, 0.29) is 43.8 Å². The highest BCUT2D eigenvalue weighted by Crippen LogP contribution is 2.59. The van der Waals surface area contributed by atoms with Crippen molar-refractivity contribution in [3.05, 3.63) is 61.2 Å². The number of carbonyl (C=O) groups is 4. The van der Waals surface area contributed by atoms with Gasteiger partial charge in [0.1, 0.15) is 17.7 Å². The molecule has 246 valence electrons. The Morgan fingerprint density at radius 1 is 1.18 bits per heavy atom. The van der Waals surface area contributed by atoms with Gasteiger partial charge in [-0.05, 0) is 44.1 Å². The van der Waals surface area contributed by atoms with Crippen LogP contribution in [0.5, 0.6) is 0 Å². The summed E-state index contributed by atoms with van der Waals surface area (Å²) in [5.41, 5.74) is -0.412. The molecule has 4 rings (SSSR count). The van der Waals surface area contributed by atoms with Crippen molar-refractivity contribution in [1.82, 2.24) is 15.1 Å². The quantitative estimate of drug-likeness (QED) is 0.137. The number of likely N-dealkylation sites (tertiary alicyclic amines) is 1. The summed E-state index contributed by atoms with van der Waals surface area (Å²) in [5, 5.41) is 12.3. The summed E-state index contributed by atoms with van der Waals surface area (Å²) in [6.45, 7) is 10.8. The van der Waals surface area contributed by atoms with E-state index in [1.54, 1.807) is 22.0 Å². The van der Waals surface area contributed by atoms with Gasteiger partial charge in [0.15, 0.2) is 0 Å². The van der Waals surface area contributed by atoms with Crippen molar-refractivity contribution < 1.29 is 33.8 Å². The van der Waals surface area contributed by atoms with E-state index in [0.29, 0.717) is 45.2 Å². The average Bonchev–Trinajstić information content (AvgIpc) is 3.69. The van der Waals surface area contributed by atoms with Gasteiger partial charge in [0, 0.05) is 32.7 Å². The maximum absolute atomic E-state index is 14.3. The average molecular weight is 624 g/mol. The van der Waals surface area contributed by atoms with E-state index in [1.165, 1.54) is 0 Å². The zero-order chi connectivity index (χ0) is 32.4. The molecule has 10 heteroatoms. The third-order valence-corrected chi connectivity index (χ3v) is 9.30. The second-order valence-electron chi connectivity index (χ2n) is 12.3. The summed E-state index contributed by atoms with van der Waals surface area (Å²) >= 11 is 0. The number of esters is 1. The number of ether oxygens (including phenoxy) is 2. The van der Waals surface area contributed by atoms with E-state index in [9.17, 15) is 24.3 Å². The molecule has 2 bridgehead atoms. The first-order valence-electron chi connectivity index (χ1n) is 16.4. The Morgan fingerprint density at radius 2 is 1.96 bits per heavy atom. The smallest absolute Gasteiger partial charge is 0.313 e. The fourth-order valence-electron chi connectivity index (χ4n) is 7.15. The number of hydrogen-bond donors (Lipinski definition) is 2. The zero-order valence-corrected chi connectivity index (χ0v) is 26.5. The normalized spacial score (nSPS) is 25.5. The van der Waals surface area contributed by atoms with Crippen molar-refractivity contribution in [3.63, 3.8) is 0 Å². The van der Waals surface area contributed by atoms with Gasteiger partial charge in [-0.15, -0.1) is 13.2 Å². The van der Waals surface area contributed by atoms with Crippen LogP contribution in [-0.4, -0.2) is 89.1 Å². The van der Waals surface area contributed by atoms with Gasteiger partial charge in [0.2, 0.25) is 17.7 Å². The number of aliphatic hydroxyl groups excluding tert-OH is 1. The summed E-state index contributed by atoms with van der Waals surface area (Å²) in [5.74, 6) is -2.94. The van der Waals surface area contributed by atoms with Crippen molar-refractivity contribution in [2.75, 3.05) is 32.8 Å². The molecule has 3 heterocycles. The summed E-state index contributed by atoms with van der Waals surface area (Å²) in [4.78, 5) is 58.3. The Labute approximate surface area is 266 Å². The minimum Gasteiger partial charge on any atom is -0.455 e. The first-order chi connectivity index (χ1) is 21.8. The predicted molar refractivity (Wildman–Crippen MR) is 170 cm³/mol. The van der Waals surface area contributed by atoms with Gasteiger partial charge in [-0.1, -0.05) is 62.2 Å². The lowest BCUT2D eigenvalue weighted by Gasteiger charge is -2.37. The number of carbonyl (C=O) groups excluding carboxylic acids is 4. The van der Waals surface area contributed by atoms with Crippen LogP contribution in [0.4, 0.5) is 0 Å². The molecule has 3 fully saturated rings. The van der Waals surface area contributed by atoms with Gasteiger partial charge in [-0.2, -0.15) is 0 Å². The lowest BCUT2D eigenvalue weighted by Crippen LogP contribution is -2.56. The number of nitrogens with zero attached hydrogens (tertiary/aromatic N) is 2. The van der Waals surface area contributed by atoms with Crippen LogP contribution in [0, 0.1) is 11.8 Å². The molecule has 3 saturated heterocycles. The van der Waals surface area contributed by atoms with E-state index in [0.717, 1.165) is 24.8 Å². The molecular weight excluding hydrogens is 574 g/mol. The van der Waals surface area contributed by atoms with E-state index in [2.05, 4.69) is 25.4 Å². The van der Waals surface area contributed by atoms with Crippen LogP contribution in [0.25, 0.3) is 0 Å². The van der Waals surface area contributed by atoms with Gasteiger partial charge in [0.25, 0.3) is 0 Å². The van der Waals surface area contributed by atoms with Crippen LogP contribution in [-0.2, 0) is 28.7 Å². The van der Waals surface area contributed by atoms with Crippen molar-refractivity contribution >= 4 is 23.7 Å². The molecule has 0 saturated carbocycles. The maximum Gasteiger partial charge on any atom is 0.313 e. The largest absolute Gasteiger partial charge is 0.455 e. The molecule has 10 nitrogen and oxygen atoms in total. The molecule has 2 N–H and O–H groups in total. The third-order valence-electron chi connectivity index (χ3n) is 9.30. The number of allylic oxidation sites excluding steroid dienone is 1. The highest BCUT2D eigenvalue weighted by atomic mass is 16.6. The summed E-state index contributed by atoms with van der Waals surface area (Å²) in [6, 6.07) is 8.32. The Balaban J connectivity index is 1.60. The van der Waals surface area contributed by atoms with Crippen LogP contribution in [0.2, 0.25) is 0 Å². The van der Waals surface area contributed by atoms with Crippen molar-refractivity contribution in [1.29, 1.82) is 0 Å². The summed E-state index contributed by atoms with van der Waals surface area (Å²) in [6.07, 6.45) is 7.71. The van der Waals surface area contributed by atoms with Gasteiger partial charge in [-0.3, -0.25) is 19.2 Å². The van der Waals surface area contributed by atoms with Crippen LogP contribution >= 0.6 is 0 Å². The van der Waals surface area contributed by atoms with E-state index in [1.807, 2.05) is 30.3 Å². The Hall–Kier alpha value is -3.50. The molecule has 3 amide bonds. The number of nitrogens with one attached hydrogen (secondary N) is 1. The van der Waals surface area contributed by atoms with Crippen molar-refractivity contribution in [2.45, 2.75) is 88.6 Å². The minimum absolute atomic E-state index is 0.0205. The molecule has 3 aliphatic heterocycles. The Kier molecular flexibility index (Phi) is 12.4. The summed E-state index contributed by atoms with van der Waals surface area (Å²) < 4.78 is 12.7. The number of hydrogen-bond acceptors (Lipinski definition) is 7. The summed E-state index contributed by atoms with van der Waals surface area (Å²) in [7, 11) is 0. The Morgan fingerprint density at radius 3 is 2.64 bits per heavy atom. The third kappa shape index (κ3) is 7.49. The molecule has 1 spiro atoms. The maximum atomic E-state index is 14.3. The lowest BCUT2D eigenvalue weighted by molar-refractivity contribution is -0.160. The van der Waals surface area contributed by atoms with Crippen LogP contribution < -0.4 is 5.32 Å². The van der Waals surface area contributed by atoms with E-state index in [4.69, 9.17) is 9.47 Å². The molecule has 3 aliphatic rings. The molecule has 0 aromatic heterocycles.